The van der Waals surface area contributed by atoms with E-state index in [1.807, 2.05) is 0 Å². The number of likely N-dealkylation sites (tertiary alicyclic amines) is 1. The van der Waals surface area contributed by atoms with Crippen molar-refractivity contribution in [3.63, 3.8) is 0 Å². The molecule has 59 heavy (non-hydrogen) atoms. The fraction of sp³-hybridized carbons (Fsp3) is 1.00. The van der Waals surface area contributed by atoms with Crippen molar-refractivity contribution in [1.29, 1.82) is 0 Å². The largest absolute Gasteiger partial charge is 0.391 e. The third kappa shape index (κ3) is 38.9. The summed E-state index contributed by atoms with van der Waals surface area (Å²) < 4.78 is 3.44. The summed E-state index contributed by atoms with van der Waals surface area (Å²) in [6, 6.07) is 0. The van der Waals surface area contributed by atoms with Crippen molar-refractivity contribution < 1.29 is 18.6 Å². The van der Waals surface area contributed by atoms with Gasteiger partial charge in [0.25, 0.3) is 0 Å². The molecule has 0 spiro atoms. The van der Waals surface area contributed by atoms with Crippen LogP contribution in [0, 0.1) is 0 Å². The second-order valence-electron chi connectivity index (χ2n) is 20.2. The summed E-state index contributed by atoms with van der Waals surface area (Å²) in [5.41, 5.74) is 0. The van der Waals surface area contributed by atoms with Gasteiger partial charge in [0.1, 0.15) is 6.54 Å². The van der Waals surface area contributed by atoms with E-state index in [9.17, 15) is 0 Å². The van der Waals surface area contributed by atoms with Crippen molar-refractivity contribution in [2.75, 3.05) is 249 Å². The van der Waals surface area contributed by atoms with Gasteiger partial charge in [-0.2, -0.15) is 0 Å². The maximum atomic E-state index is 8.82. The fourth-order valence-electron chi connectivity index (χ4n) is 6.59. The molecule has 0 aromatic rings. The molecule has 0 atom stereocenters. The highest BCUT2D eigenvalue weighted by atomic mass is 16.3. The van der Waals surface area contributed by atoms with Gasteiger partial charge in [0.15, 0.2) is 0 Å². The number of nitrogens with zero attached hydrogens (tertiary/aromatic N) is 11. The molecule has 0 amide bonds. The topological polar surface area (TPSA) is 46.2 Å². The van der Waals surface area contributed by atoms with E-state index in [4.69, 9.17) is 5.11 Å². The Morgan fingerprint density at radius 2 is 0.542 bits per heavy atom. The second-order valence-corrected chi connectivity index (χ2v) is 20.2. The first-order valence-electron chi connectivity index (χ1n) is 23.7. The maximum absolute atomic E-state index is 8.82. The number of hydrogen-bond acceptors (Lipinski definition) is 9. The van der Waals surface area contributed by atoms with E-state index in [2.05, 4.69) is 159 Å². The number of hydrogen-bond donors (Lipinski definition) is 1. The highest BCUT2D eigenvalue weighted by Gasteiger charge is 2.26. The number of aliphatic hydroxyl groups is 1. The molecular formula is C47H114N11O+3. The summed E-state index contributed by atoms with van der Waals surface area (Å²) in [6.07, 6.45) is 6.78. The Bertz CT molecular complexity index is 793. The summed E-state index contributed by atoms with van der Waals surface area (Å²) >= 11 is 0. The number of rotatable bonds is 2. The van der Waals surface area contributed by atoms with Crippen LogP contribution in [0.1, 0.15) is 67.2 Å². The van der Waals surface area contributed by atoms with Crippen LogP contribution in [-0.2, 0) is 0 Å². The van der Waals surface area contributed by atoms with Crippen molar-refractivity contribution in [1.82, 2.24) is 39.2 Å². The predicted molar refractivity (Wildman–Crippen MR) is 264 cm³/mol. The minimum atomic E-state index is 0. The Labute approximate surface area is 372 Å². The zero-order valence-electron chi connectivity index (χ0n) is 42.9. The molecule has 6 fully saturated rings. The predicted octanol–water partition coefficient (Wildman–Crippen LogP) is 3.69. The van der Waals surface area contributed by atoms with E-state index >= 15 is 0 Å². The molecule has 6 saturated heterocycles. The van der Waals surface area contributed by atoms with Gasteiger partial charge in [0.05, 0.1) is 81.1 Å². The molecule has 6 aliphatic heterocycles. The van der Waals surface area contributed by atoms with Crippen LogP contribution in [0.25, 0.3) is 0 Å². The van der Waals surface area contributed by atoms with Crippen LogP contribution in [0.3, 0.4) is 0 Å². The third-order valence-corrected chi connectivity index (χ3v) is 12.1. The first-order chi connectivity index (χ1) is 27.2. The molecule has 1 N–H and O–H groups in total. The van der Waals surface area contributed by atoms with E-state index in [-0.39, 0.29) is 7.43 Å². The van der Waals surface area contributed by atoms with Gasteiger partial charge in [-0.05, 0) is 82.3 Å². The lowest BCUT2D eigenvalue weighted by Crippen LogP contribution is -2.57. The van der Waals surface area contributed by atoms with E-state index < -0.39 is 0 Å². The molecule has 0 unspecified atom stereocenters. The molecular weight excluding hydrogens is 735 g/mol. The Morgan fingerprint density at radius 1 is 0.339 bits per heavy atom. The SMILES string of the molecule is C.CCC.CCC.CN1CCCCC1.CN1CCN(C)CC1.CN1CCN(C)CC1.CN1CC[N+](C)(C)CC1.CN1CC[N+](C)(C)CC1.CN1CC[N+](C)(CCO)CC1. The lowest BCUT2D eigenvalue weighted by Gasteiger charge is -2.40. The van der Waals surface area contributed by atoms with Gasteiger partial charge in [-0.15, -0.1) is 0 Å². The Kier molecular flexibility index (Phi) is 39.3. The summed E-state index contributed by atoms with van der Waals surface area (Å²) in [5, 5.41) is 8.82. The standard InChI is InChI=1S/C8H19N2O.2C7H17N2.2C6H14N2.C6H13N.2C3H8.CH4/c1-9-3-5-10(2,6-4-9)7-8-11;2*1-8-4-6-9(2,3)7-5-8;2*1-7-3-5-8(2)6-4-7;1-7-5-3-2-4-6-7;2*1-3-2;/h11H,3-8H2,1-2H3;2*4-7H2,1-3H3;2*3-6H2,1-2H3;2-6H2,1H3;2*3H2,1-2H3;1H4/q3*+1;;;;;;. The van der Waals surface area contributed by atoms with Crippen LogP contribution in [-0.4, -0.2) is 307 Å². The average Bonchev–Trinajstić information content (AvgIpc) is 3.17. The Hall–Kier alpha value is -0.480. The molecule has 0 radical (unpaired) electrons. The fourth-order valence-corrected chi connectivity index (χ4v) is 6.59. The maximum Gasteiger partial charge on any atom is 0.102 e. The minimum Gasteiger partial charge on any atom is -0.391 e. The summed E-state index contributed by atoms with van der Waals surface area (Å²) in [5.74, 6) is 0. The van der Waals surface area contributed by atoms with Gasteiger partial charge in [-0.25, -0.2) is 0 Å². The number of aliphatic hydroxyl groups excluding tert-OH is 1. The molecule has 0 bridgehead atoms. The Balaban J connectivity index is -0.000000621. The van der Waals surface area contributed by atoms with Gasteiger partial charge in [-0.3, -0.25) is 14.7 Å². The van der Waals surface area contributed by atoms with Crippen LogP contribution in [0.2, 0.25) is 0 Å². The van der Waals surface area contributed by atoms with Crippen LogP contribution in [0.5, 0.6) is 0 Å². The molecule has 12 nitrogen and oxygen atoms in total. The summed E-state index contributed by atoms with van der Waals surface area (Å²) in [6.45, 7) is 37.1. The second kappa shape index (κ2) is 36.9. The van der Waals surface area contributed by atoms with Crippen LogP contribution in [0.15, 0.2) is 0 Å². The first-order valence-corrected chi connectivity index (χ1v) is 23.7. The number of piperazine rings is 5. The van der Waals surface area contributed by atoms with Gasteiger partial charge >= 0.3 is 0 Å². The van der Waals surface area contributed by atoms with Crippen molar-refractivity contribution in [2.24, 2.45) is 0 Å². The monoisotopic (exact) mass is 849 g/mol. The number of likely N-dealkylation sites (N-methyl/N-ethyl adjacent to an activating group) is 10. The van der Waals surface area contributed by atoms with Gasteiger partial charge in [0, 0.05) is 91.6 Å². The summed E-state index contributed by atoms with van der Waals surface area (Å²) in [4.78, 5) is 19.0. The van der Waals surface area contributed by atoms with E-state index in [0.717, 1.165) is 24.1 Å². The van der Waals surface area contributed by atoms with Crippen molar-refractivity contribution in [3.8, 4) is 0 Å². The molecule has 6 aliphatic rings. The van der Waals surface area contributed by atoms with Crippen LogP contribution < -0.4 is 0 Å². The van der Waals surface area contributed by atoms with E-state index in [0.29, 0.717) is 6.61 Å². The molecule has 0 aliphatic carbocycles. The van der Waals surface area contributed by atoms with Crippen molar-refractivity contribution in [3.05, 3.63) is 0 Å². The highest BCUT2D eigenvalue weighted by molar-refractivity contribution is 4.65. The van der Waals surface area contributed by atoms with Gasteiger partial charge in [-0.1, -0.05) is 54.4 Å². The molecule has 6 heterocycles. The zero-order chi connectivity index (χ0) is 44.6. The number of quaternary nitrogens is 3. The molecule has 12 heteroatoms. The zero-order valence-corrected chi connectivity index (χ0v) is 42.9. The van der Waals surface area contributed by atoms with Crippen LogP contribution in [0.4, 0.5) is 0 Å². The highest BCUT2D eigenvalue weighted by Crippen LogP contribution is 2.08. The smallest absolute Gasteiger partial charge is 0.102 e. The molecule has 0 aromatic carbocycles. The molecule has 360 valence electrons. The quantitative estimate of drug-likeness (QED) is 0.420. The molecule has 0 saturated carbocycles. The van der Waals surface area contributed by atoms with Gasteiger partial charge < -0.3 is 43.1 Å². The normalized spacial score (nSPS) is 24.1. The van der Waals surface area contributed by atoms with Crippen molar-refractivity contribution >= 4 is 0 Å². The lowest BCUT2D eigenvalue weighted by atomic mass is 10.1. The molecule has 6 rings (SSSR count). The third-order valence-electron chi connectivity index (χ3n) is 12.1. The number of piperidine rings is 1. The van der Waals surface area contributed by atoms with E-state index in [1.54, 1.807) is 0 Å². The van der Waals surface area contributed by atoms with Crippen molar-refractivity contribution in [2.45, 2.75) is 67.2 Å². The van der Waals surface area contributed by atoms with Gasteiger partial charge in [0.2, 0.25) is 0 Å². The lowest BCUT2D eigenvalue weighted by molar-refractivity contribution is -0.913. The van der Waals surface area contributed by atoms with Crippen LogP contribution >= 0.6 is 0 Å². The minimum absolute atomic E-state index is 0. The van der Waals surface area contributed by atoms with E-state index in [1.165, 1.54) is 172 Å². The first kappa shape index (κ1) is 62.8. The average molecular weight is 850 g/mol. The Morgan fingerprint density at radius 3 is 0.729 bits per heavy atom. The molecule has 0 aromatic heterocycles. The summed E-state index contributed by atoms with van der Waals surface area (Å²) in [7, 11) is 28.9.